The fourth-order valence-corrected chi connectivity index (χ4v) is 1.42. The molecule has 0 aromatic rings. The van der Waals surface area contributed by atoms with Crippen LogP contribution in [0.2, 0.25) is 0 Å². The molecule has 1 N–H and O–H groups in total. The lowest BCUT2D eigenvalue weighted by Crippen LogP contribution is -2.44. The molecule has 1 aliphatic heterocycles. The van der Waals surface area contributed by atoms with E-state index in [0.717, 1.165) is 12.8 Å². The molecule has 0 aromatic heterocycles. The molecule has 0 aliphatic carbocycles. The van der Waals surface area contributed by atoms with Crippen molar-refractivity contribution in [3.63, 3.8) is 0 Å². The van der Waals surface area contributed by atoms with Crippen LogP contribution in [0.1, 0.15) is 25.7 Å². The van der Waals surface area contributed by atoms with E-state index in [9.17, 15) is 4.79 Å². The third-order valence-electron chi connectivity index (χ3n) is 2.37. The van der Waals surface area contributed by atoms with Gasteiger partial charge in [0, 0.05) is 12.5 Å². The number of hydrogen-bond acceptors (Lipinski definition) is 2. The number of likely N-dealkylation sites (tertiary alicyclic amines) is 1. The maximum atomic E-state index is 10.2. The first-order valence-electron chi connectivity index (χ1n) is 4.12. The van der Waals surface area contributed by atoms with E-state index in [4.69, 9.17) is 5.11 Å². The lowest BCUT2D eigenvalue weighted by Gasteiger charge is -2.37. The third kappa shape index (κ3) is 2.50. The Hall–Kier alpha value is -0.570. The van der Waals surface area contributed by atoms with E-state index in [-0.39, 0.29) is 0 Å². The van der Waals surface area contributed by atoms with Crippen LogP contribution >= 0.6 is 0 Å². The largest absolute Gasteiger partial charge is 0.481 e. The molecule has 0 amide bonds. The molecule has 0 bridgehead atoms. The number of rotatable bonds is 4. The van der Waals surface area contributed by atoms with Gasteiger partial charge in [-0.05, 0) is 32.9 Å². The zero-order valence-electron chi connectivity index (χ0n) is 6.92. The smallest absolute Gasteiger partial charge is 0.303 e. The monoisotopic (exact) mass is 157 g/mol. The molecule has 1 rings (SSSR count). The molecule has 0 saturated carbocycles. The predicted molar refractivity (Wildman–Crippen MR) is 42.5 cm³/mol. The number of carboxylic acids is 1. The Bertz CT molecular complexity index is 147. The van der Waals surface area contributed by atoms with Crippen LogP contribution in [0.25, 0.3) is 0 Å². The molecule has 3 nitrogen and oxygen atoms in total. The predicted octanol–water partition coefficient (Wildman–Crippen LogP) is 0.945. The van der Waals surface area contributed by atoms with E-state index in [0.29, 0.717) is 12.5 Å². The second-order valence-corrected chi connectivity index (χ2v) is 3.21. The Labute approximate surface area is 67.0 Å². The second kappa shape index (κ2) is 3.72. The summed E-state index contributed by atoms with van der Waals surface area (Å²) in [5.41, 5.74) is 0. The first-order valence-corrected chi connectivity index (χ1v) is 4.12. The zero-order chi connectivity index (χ0) is 8.27. The van der Waals surface area contributed by atoms with Gasteiger partial charge in [-0.3, -0.25) is 4.79 Å². The van der Waals surface area contributed by atoms with Crippen molar-refractivity contribution in [1.82, 2.24) is 4.90 Å². The fraction of sp³-hybridized carbons (Fsp3) is 0.875. The van der Waals surface area contributed by atoms with Gasteiger partial charge in [0.2, 0.25) is 0 Å². The molecule has 0 spiro atoms. The van der Waals surface area contributed by atoms with E-state index < -0.39 is 5.97 Å². The van der Waals surface area contributed by atoms with Gasteiger partial charge in [0.05, 0.1) is 0 Å². The van der Waals surface area contributed by atoms with E-state index in [1.165, 1.54) is 13.0 Å². The summed E-state index contributed by atoms with van der Waals surface area (Å²) in [5.74, 6) is -0.674. The van der Waals surface area contributed by atoms with Crippen molar-refractivity contribution in [3.8, 4) is 0 Å². The Morgan fingerprint density at radius 3 is 2.82 bits per heavy atom. The van der Waals surface area contributed by atoms with Crippen molar-refractivity contribution in [2.75, 3.05) is 13.6 Å². The minimum Gasteiger partial charge on any atom is -0.481 e. The van der Waals surface area contributed by atoms with Crippen molar-refractivity contribution >= 4 is 5.97 Å². The van der Waals surface area contributed by atoms with Crippen LogP contribution in [-0.4, -0.2) is 35.6 Å². The van der Waals surface area contributed by atoms with Crippen LogP contribution < -0.4 is 0 Å². The number of aliphatic carboxylic acids is 1. The summed E-state index contributed by atoms with van der Waals surface area (Å²) in [6.07, 6.45) is 3.44. The Morgan fingerprint density at radius 1 is 1.73 bits per heavy atom. The summed E-state index contributed by atoms with van der Waals surface area (Å²) in [6, 6.07) is 0.661. The molecule has 1 atom stereocenters. The third-order valence-corrected chi connectivity index (χ3v) is 2.37. The highest BCUT2D eigenvalue weighted by atomic mass is 16.4. The van der Waals surface area contributed by atoms with Crippen LogP contribution in [-0.2, 0) is 4.79 Å². The summed E-state index contributed by atoms with van der Waals surface area (Å²) in [7, 11) is 2.09. The van der Waals surface area contributed by atoms with E-state index in [1.807, 2.05) is 0 Å². The number of nitrogens with zero attached hydrogens (tertiary/aromatic N) is 1. The number of carboxylic acid groups (broad SMARTS) is 1. The fourth-order valence-electron chi connectivity index (χ4n) is 1.42. The normalized spacial score (nSPS) is 24.6. The van der Waals surface area contributed by atoms with Crippen LogP contribution in [0.4, 0.5) is 0 Å². The first-order chi connectivity index (χ1) is 5.20. The van der Waals surface area contributed by atoms with Crippen molar-refractivity contribution in [2.45, 2.75) is 31.7 Å². The van der Waals surface area contributed by atoms with E-state index in [2.05, 4.69) is 11.9 Å². The summed E-state index contributed by atoms with van der Waals surface area (Å²) < 4.78 is 0. The molecule has 1 unspecified atom stereocenters. The van der Waals surface area contributed by atoms with Gasteiger partial charge in [-0.25, -0.2) is 0 Å². The minimum absolute atomic E-state index is 0.324. The molecule has 64 valence electrons. The molecule has 1 saturated heterocycles. The molecule has 1 fully saturated rings. The Balaban J connectivity index is 1.99. The highest BCUT2D eigenvalue weighted by molar-refractivity contribution is 5.66. The van der Waals surface area contributed by atoms with Gasteiger partial charge < -0.3 is 10.0 Å². The molecule has 0 radical (unpaired) electrons. The molecular weight excluding hydrogens is 142 g/mol. The van der Waals surface area contributed by atoms with E-state index >= 15 is 0 Å². The van der Waals surface area contributed by atoms with Gasteiger partial charge in [-0.2, -0.15) is 0 Å². The Kier molecular flexibility index (Phi) is 2.88. The SMILES string of the molecule is CN1CCC1CCCC(=O)O. The maximum absolute atomic E-state index is 10.2. The van der Waals surface area contributed by atoms with Crippen LogP contribution in [0.15, 0.2) is 0 Å². The molecule has 11 heavy (non-hydrogen) atoms. The van der Waals surface area contributed by atoms with Gasteiger partial charge in [0.1, 0.15) is 0 Å². The van der Waals surface area contributed by atoms with Crippen LogP contribution in [0.5, 0.6) is 0 Å². The zero-order valence-corrected chi connectivity index (χ0v) is 6.92. The average Bonchev–Trinajstić information content (AvgIpc) is 1.94. The lowest BCUT2D eigenvalue weighted by atomic mass is 9.98. The summed E-state index contributed by atoms with van der Waals surface area (Å²) >= 11 is 0. The number of carbonyl (C=O) groups is 1. The number of hydrogen-bond donors (Lipinski definition) is 1. The molecule has 1 heterocycles. The Morgan fingerprint density at radius 2 is 2.45 bits per heavy atom. The van der Waals surface area contributed by atoms with Gasteiger partial charge in [-0.15, -0.1) is 0 Å². The van der Waals surface area contributed by atoms with Crippen LogP contribution in [0, 0.1) is 0 Å². The van der Waals surface area contributed by atoms with Gasteiger partial charge in [0.25, 0.3) is 0 Å². The van der Waals surface area contributed by atoms with Crippen molar-refractivity contribution in [1.29, 1.82) is 0 Å². The van der Waals surface area contributed by atoms with Gasteiger partial charge in [-0.1, -0.05) is 0 Å². The summed E-state index contributed by atoms with van der Waals surface area (Å²) in [4.78, 5) is 12.4. The van der Waals surface area contributed by atoms with Crippen LogP contribution in [0.3, 0.4) is 0 Å². The molecule has 1 aliphatic rings. The first kappa shape index (κ1) is 8.53. The molecule has 3 heteroatoms. The van der Waals surface area contributed by atoms with Crippen molar-refractivity contribution in [3.05, 3.63) is 0 Å². The average molecular weight is 157 g/mol. The van der Waals surface area contributed by atoms with Gasteiger partial charge >= 0.3 is 5.97 Å². The highest BCUT2D eigenvalue weighted by Gasteiger charge is 2.22. The van der Waals surface area contributed by atoms with Gasteiger partial charge in [0.15, 0.2) is 0 Å². The lowest BCUT2D eigenvalue weighted by molar-refractivity contribution is -0.137. The summed E-state index contributed by atoms with van der Waals surface area (Å²) in [5, 5.41) is 8.37. The van der Waals surface area contributed by atoms with Crippen molar-refractivity contribution in [2.24, 2.45) is 0 Å². The molecule has 0 aromatic carbocycles. The molecular formula is C8H15NO2. The second-order valence-electron chi connectivity index (χ2n) is 3.21. The summed E-state index contributed by atoms with van der Waals surface area (Å²) in [6.45, 7) is 1.18. The topological polar surface area (TPSA) is 40.5 Å². The minimum atomic E-state index is -0.674. The van der Waals surface area contributed by atoms with Crippen molar-refractivity contribution < 1.29 is 9.90 Å². The maximum Gasteiger partial charge on any atom is 0.303 e. The standard InChI is InChI=1S/C8H15NO2/c1-9-6-5-7(9)3-2-4-8(10)11/h7H,2-6H2,1H3,(H,10,11). The quantitative estimate of drug-likeness (QED) is 0.660. The highest BCUT2D eigenvalue weighted by Crippen LogP contribution is 2.19. The van der Waals surface area contributed by atoms with E-state index in [1.54, 1.807) is 0 Å².